The SMILES string of the molecule is O=[N+]([O-])c1ccc(NC(=S)OCc2cccnc2)cc1. The highest BCUT2D eigenvalue weighted by Crippen LogP contribution is 2.15. The standard InChI is InChI=1S/C13H11N3O3S/c17-16(18)12-5-3-11(4-6-12)15-13(20)19-9-10-2-1-7-14-8-10/h1-8H,9H2,(H,15,20). The quantitative estimate of drug-likeness (QED) is 0.530. The third kappa shape index (κ3) is 3.99. The highest BCUT2D eigenvalue weighted by Gasteiger charge is 2.05. The van der Waals surface area contributed by atoms with E-state index in [4.69, 9.17) is 17.0 Å². The van der Waals surface area contributed by atoms with Gasteiger partial charge in [0.1, 0.15) is 6.61 Å². The van der Waals surface area contributed by atoms with Crippen molar-refractivity contribution in [2.75, 3.05) is 5.32 Å². The third-order valence-electron chi connectivity index (χ3n) is 2.42. The molecule has 0 saturated carbocycles. The molecule has 0 aliphatic carbocycles. The molecule has 2 rings (SSSR count). The molecule has 0 saturated heterocycles. The maximum Gasteiger partial charge on any atom is 0.269 e. The van der Waals surface area contributed by atoms with Crippen LogP contribution in [0, 0.1) is 10.1 Å². The number of hydrogen-bond donors (Lipinski definition) is 1. The van der Waals surface area contributed by atoms with Crippen molar-refractivity contribution in [3.05, 3.63) is 64.5 Å². The first kappa shape index (κ1) is 13.9. The molecule has 1 aromatic carbocycles. The summed E-state index contributed by atoms with van der Waals surface area (Å²) in [5.74, 6) is 0. The maximum atomic E-state index is 10.5. The Labute approximate surface area is 120 Å². The van der Waals surface area contributed by atoms with Crippen LogP contribution in [-0.2, 0) is 11.3 Å². The number of nitro groups is 1. The van der Waals surface area contributed by atoms with E-state index >= 15 is 0 Å². The largest absolute Gasteiger partial charge is 0.466 e. The number of anilines is 1. The van der Waals surface area contributed by atoms with E-state index in [1.807, 2.05) is 12.1 Å². The molecule has 0 atom stereocenters. The first-order valence-corrected chi connectivity index (χ1v) is 6.13. The Balaban J connectivity index is 1.86. The second-order valence-electron chi connectivity index (χ2n) is 3.87. The molecular weight excluding hydrogens is 278 g/mol. The zero-order chi connectivity index (χ0) is 14.4. The fourth-order valence-corrected chi connectivity index (χ4v) is 1.63. The summed E-state index contributed by atoms with van der Waals surface area (Å²) in [6.07, 6.45) is 3.37. The van der Waals surface area contributed by atoms with Crippen molar-refractivity contribution in [2.24, 2.45) is 0 Å². The van der Waals surface area contributed by atoms with Gasteiger partial charge in [-0.2, -0.15) is 0 Å². The van der Waals surface area contributed by atoms with Crippen molar-refractivity contribution in [1.29, 1.82) is 0 Å². The molecule has 0 aliphatic heterocycles. The Morgan fingerprint density at radius 2 is 2.10 bits per heavy atom. The molecule has 102 valence electrons. The molecule has 0 unspecified atom stereocenters. The van der Waals surface area contributed by atoms with Gasteiger partial charge in [0.05, 0.1) is 4.92 Å². The van der Waals surface area contributed by atoms with Crippen LogP contribution in [0.5, 0.6) is 0 Å². The minimum Gasteiger partial charge on any atom is -0.466 e. The van der Waals surface area contributed by atoms with Crippen LogP contribution in [0.4, 0.5) is 11.4 Å². The van der Waals surface area contributed by atoms with E-state index in [1.54, 1.807) is 24.5 Å². The zero-order valence-corrected chi connectivity index (χ0v) is 11.2. The van der Waals surface area contributed by atoms with Crippen LogP contribution in [-0.4, -0.2) is 15.1 Å². The second kappa shape index (κ2) is 6.58. The third-order valence-corrected chi connectivity index (χ3v) is 2.64. The van der Waals surface area contributed by atoms with Gasteiger partial charge >= 0.3 is 0 Å². The number of nitro benzene ring substituents is 1. The number of rotatable bonds is 4. The van der Waals surface area contributed by atoms with Crippen molar-refractivity contribution in [3.8, 4) is 0 Å². The Kier molecular flexibility index (Phi) is 4.56. The molecule has 1 aromatic heterocycles. The molecule has 1 N–H and O–H groups in total. The van der Waals surface area contributed by atoms with E-state index < -0.39 is 4.92 Å². The molecule has 0 bridgehead atoms. The predicted molar refractivity (Wildman–Crippen MR) is 78.3 cm³/mol. The molecule has 0 fully saturated rings. The molecule has 0 amide bonds. The van der Waals surface area contributed by atoms with Gasteiger partial charge < -0.3 is 10.1 Å². The predicted octanol–water partition coefficient (Wildman–Crippen LogP) is 2.90. The Bertz CT molecular complexity index is 602. The number of hydrogen-bond acceptors (Lipinski definition) is 5. The van der Waals surface area contributed by atoms with E-state index in [-0.39, 0.29) is 10.9 Å². The van der Waals surface area contributed by atoms with Gasteiger partial charge in [-0.15, -0.1) is 0 Å². The highest BCUT2D eigenvalue weighted by molar-refractivity contribution is 7.80. The lowest BCUT2D eigenvalue weighted by Crippen LogP contribution is -2.13. The van der Waals surface area contributed by atoms with Gasteiger partial charge in [-0.3, -0.25) is 15.1 Å². The molecular formula is C13H11N3O3S. The van der Waals surface area contributed by atoms with Crippen molar-refractivity contribution in [2.45, 2.75) is 6.61 Å². The van der Waals surface area contributed by atoms with E-state index in [9.17, 15) is 10.1 Å². The number of nitrogens with zero attached hydrogens (tertiary/aromatic N) is 2. The summed E-state index contributed by atoms with van der Waals surface area (Å²) in [6.45, 7) is 0.312. The lowest BCUT2D eigenvalue weighted by Gasteiger charge is -2.09. The van der Waals surface area contributed by atoms with Crippen molar-refractivity contribution < 1.29 is 9.66 Å². The van der Waals surface area contributed by atoms with Crippen LogP contribution in [0.3, 0.4) is 0 Å². The summed E-state index contributed by atoms with van der Waals surface area (Å²) in [4.78, 5) is 14.0. The van der Waals surface area contributed by atoms with Crippen LogP contribution < -0.4 is 5.32 Å². The van der Waals surface area contributed by atoms with Crippen LogP contribution in [0.15, 0.2) is 48.8 Å². The highest BCUT2D eigenvalue weighted by atomic mass is 32.1. The van der Waals surface area contributed by atoms with Crippen LogP contribution in [0.1, 0.15) is 5.56 Å². The van der Waals surface area contributed by atoms with Crippen LogP contribution in [0.25, 0.3) is 0 Å². The summed E-state index contributed by atoms with van der Waals surface area (Å²) in [7, 11) is 0. The number of pyridine rings is 1. The lowest BCUT2D eigenvalue weighted by atomic mass is 10.3. The molecule has 1 heterocycles. The first-order chi connectivity index (χ1) is 9.65. The lowest BCUT2D eigenvalue weighted by molar-refractivity contribution is -0.384. The summed E-state index contributed by atoms with van der Waals surface area (Å²) >= 11 is 5.03. The van der Waals surface area contributed by atoms with E-state index in [1.165, 1.54) is 12.1 Å². The minimum atomic E-state index is -0.457. The van der Waals surface area contributed by atoms with Gasteiger partial charge in [-0.25, -0.2) is 0 Å². The van der Waals surface area contributed by atoms with Crippen molar-refractivity contribution in [3.63, 3.8) is 0 Å². The average molecular weight is 289 g/mol. The fourth-order valence-electron chi connectivity index (χ4n) is 1.45. The van der Waals surface area contributed by atoms with Crippen LogP contribution in [0.2, 0.25) is 0 Å². The summed E-state index contributed by atoms with van der Waals surface area (Å²) in [5, 5.41) is 13.6. The number of nitrogens with one attached hydrogen (secondary N) is 1. The van der Waals surface area contributed by atoms with Gasteiger partial charge in [0.2, 0.25) is 0 Å². The molecule has 0 aliphatic rings. The second-order valence-corrected chi connectivity index (χ2v) is 4.24. The number of benzene rings is 1. The Hall–Kier alpha value is -2.54. The van der Waals surface area contributed by atoms with Crippen molar-refractivity contribution >= 4 is 28.8 Å². The summed E-state index contributed by atoms with van der Waals surface area (Å²) < 4.78 is 5.36. The molecule has 0 spiro atoms. The zero-order valence-electron chi connectivity index (χ0n) is 10.4. The minimum absolute atomic E-state index is 0.0257. The van der Waals surface area contributed by atoms with E-state index in [2.05, 4.69) is 10.3 Å². The Morgan fingerprint density at radius 1 is 1.35 bits per heavy atom. The fraction of sp³-hybridized carbons (Fsp3) is 0.0769. The molecule has 7 heteroatoms. The number of ether oxygens (including phenoxy) is 1. The van der Waals surface area contributed by atoms with E-state index in [0.717, 1.165) is 5.56 Å². The number of thiocarbonyl (C=S) groups is 1. The average Bonchev–Trinajstić information content (AvgIpc) is 2.47. The van der Waals surface area contributed by atoms with Gasteiger partial charge in [0.25, 0.3) is 10.9 Å². The molecule has 6 nitrogen and oxygen atoms in total. The van der Waals surface area contributed by atoms with Gasteiger partial charge in [-0.1, -0.05) is 6.07 Å². The van der Waals surface area contributed by atoms with Crippen molar-refractivity contribution in [1.82, 2.24) is 4.98 Å². The number of non-ortho nitro benzene ring substituents is 1. The van der Waals surface area contributed by atoms with Crippen LogP contribution >= 0.6 is 12.2 Å². The van der Waals surface area contributed by atoms with Gasteiger partial charge in [-0.05, 0) is 30.4 Å². The molecule has 2 aromatic rings. The van der Waals surface area contributed by atoms with Gasteiger partial charge in [0, 0.05) is 35.8 Å². The molecule has 0 radical (unpaired) electrons. The monoisotopic (exact) mass is 289 g/mol. The topological polar surface area (TPSA) is 77.3 Å². The Morgan fingerprint density at radius 3 is 2.70 bits per heavy atom. The summed E-state index contributed by atoms with van der Waals surface area (Å²) in [5.41, 5.74) is 1.56. The maximum absolute atomic E-state index is 10.5. The first-order valence-electron chi connectivity index (χ1n) is 5.72. The van der Waals surface area contributed by atoms with Gasteiger partial charge in [0.15, 0.2) is 0 Å². The smallest absolute Gasteiger partial charge is 0.269 e. The number of aromatic nitrogens is 1. The van der Waals surface area contributed by atoms with E-state index in [0.29, 0.717) is 12.3 Å². The normalized spacial score (nSPS) is 9.80. The summed E-state index contributed by atoms with van der Waals surface area (Å²) in [6, 6.07) is 9.61. The molecule has 20 heavy (non-hydrogen) atoms.